The molecular weight excluding hydrogens is 712 g/mol. The second kappa shape index (κ2) is 21.3. The molecule has 0 saturated carbocycles. The second-order valence-corrected chi connectivity index (χ2v) is 11.5. The number of hydrogen-bond donors (Lipinski definition) is 3. The van der Waals surface area contributed by atoms with Crippen LogP contribution in [-0.2, 0) is 29.2 Å². The van der Waals surface area contributed by atoms with Gasteiger partial charge in [0, 0.05) is 53.0 Å². The fraction of sp³-hybridized carbons (Fsp3) is 0.231. The number of methoxy groups -OCH3 is 2. The number of aliphatic hydroxyl groups is 1. The Kier molecular flexibility index (Phi) is 17.3. The molecule has 0 aliphatic rings. The Morgan fingerprint density at radius 1 is 0.833 bits per heavy atom. The van der Waals surface area contributed by atoms with Crippen LogP contribution in [0.2, 0.25) is 5.02 Å². The summed E-state index contributed by atoms with van der Waals surface area (Å²) in [4.78, 5) is 50.6. The molecule has 54 heavy (non-hydrogen) atoms. The summed E-state index contributed by atoms with van der Waals surface area (Å²) in [7, 11) is 2.66. The molecule has 1 amide bonds. The first-order chi connectivity index (χ1) is 25.0. The lowest BCUT2D eigenvalue weighted by atomic mass is 10.1. The van der Waals surface area contributed by atoms with E-state index in [1.807, 2.05) is 36.7 Å². The number of nitrogens with one attached hydrogen (secondary N) is 1. The van der Waals surface area contributed by atoms with Gasteiger partial charge in [0.25, 0.3) is 5.91 Å². The number of ether oxygens (including phenoxy) is 2. The number of esters is 2. The first-order valence-electron chi connectivity index (χ1n) is 15.7. The minimum Gasteiger partial charge on any atom is -0.465 e. The van der Waals surface area contributed by atoms with Gasteiger partial charge in [0.05, 0.1) is 61.6 Å². The maximum absolute atomic E-state index is 12.7. The van der Waals surface area contributed by atoms with Crippen LogP contribution >= 0.6 is 11.6 Å². The number of nitrogens with two attached hydrogens (primary N) is 1. The third-order valence-electron chi connectivity index (χ3n) is 7.50. The highest BCUT2D eigenvalue weighted by atomic mass is 35.5. The van der Waals surface area contributed by atoms with E-state index in [0.29, 0.717) is 46.3 Å². The molecule has 0 aliphatic heterocycles. The van der Waals surface area contributed by atoms with E-state index in [9.17, 15) is 14.4 Å². The summed E-state index contributed by atoms with van der Waals surface area (Å²) >= 11 is 6.04. The molecule has 0 atom stereocenters. The Morgan fingerprint density at radius 3 is 2.09 bits per heavy atom. The van der Waals surface area contributed by atoms with Crippen LogP contribution in [0.1, 0.15) is 74.1 Å². The van der Waals surface area contributed by atoms with E-state index >= 15 is 0 Å². The van der Waals surface area contributed by atoms with Gasteiger partial charge in [-0.2, -0.15) is 5.10 Å². The molecular formula is C39H45ClN8O6. The van der Waals surface area contributed by atoms with Crippen molar-refractivity contribution in [3.05, 3.63) is 142 Å². The summed E-state index contributed by atoms with van der Waals surface area (Å²) in [5.41, 5.74) is 12.2. The summed E-state index contributed by atoms with van der Waals surface area (Å²) in [5, 5.41) is 17.7. The van der Waals surface area contributed by atoms with Gasteiger partial charge in [-0.15, -0.1) is 0 Å². The molecule has 0 bridgehead atoms. The van der Waals surface area contributed by atoms with Crippen molar-refractivity contribution in [2.75, 3.05) is 20.0 Å². The Hall–Kier alpha value is -6.25. The van der Waals surface area contributed by atoms with E-state index in [4.69, 9.17) is 22.4 Å². The van der Waals surface area contributed by atoms with Crippen molar-refractivity contribution in [3.8, 4) is 0 Å². The predicted octanol–water partition coefficient (Wildman–Crippen LogP) is 6.16. The van der Waals surface area contributed by atoms with Crippen LogP contribution in [-0.4, -0.2) is 66.9 Å². The lowest BCUT2D eigenvalue weighted by Crippen LogP contribution is -2.24. The molecule has 284 valence electrons. The zero-order chi connectivity index (χ0) is 37.6. The summed E-state index contributed by atoms with van der Waals surface area (Å²) in [6.45, 7) is 4.50. The first kappa shape index (κ1) is 43.9. The van der Waals surface area contributed by atoms with Crippen molar-refractivity contribution >= 4 is 46.2 Å². The van der Waals surface area contributed by atoms with Gasteiger partial charge in [-0.1, -0.05) is 26.5 Å². The van der Waals surface area contributed by atoms with Crippen molar-refractivity contribution < 1.29 is 29.0 Å². The number of halogens is 1. The maximum atomic E-state index is 12.7. The number of benzene rings is 1. The minimum atomic E-state index is -0.424. The molecule has 15 heteroatoms. The van der Waals surface area contributed by atoms with Gasteiger partial charge >= 0.3 is 11.9 Å². The molecule has 1 aromatic carbocycles. The SMILES string of the molecule is C.C.COC(=O)c1ccnc(CO)c1.COC(=O)c1ccncc1.Cc1cc(N)nc(C)c1CNC(=O)c1ccnc(Cn2ncc3cc(Cl)ccc32)c1. The van der Waals surface area contributed by atoms with Gasteiger partial charge in [0.1, 0.15) is 5.82 Å². The monoisotopic (exact) mass is 756 g/mol. The second-order valence-electron chi connectivity index (χ2n) is 11.1. The fourth-order valence-corrected chi connectivity index (χ4v) is 5.06. The fourth-order valence-electron chi connectivity index (χ4n) is 4.88. The average molecular weight is 757 g/mol. The van der Waals surface area contributed by atoms with Crippen LogP contribution in [0.4, 0.5) is 5.82 Å². The first-order valence-corrected chi connectivity index (χ1v) is 16.1. The number of aromatic nitrogens is 6. The van der Waals surface area contributed by atoms with Gasteiger partial charge in [-0.25, -0.2) is 14.6 Å². The van der Waals surface area contributed by atoms with Gasteiger partial charge in [0.2, 0.25) is 0 Å². The summed E-state index contributed by atoms with van der Waals surface area (Å²) < 4.78 is 10.8. The van der Waals surface area contributed by atoms with Crippen LogP contribution < -0.4 is 11.1 Å². The number of amides is 1. The molecule has 0 spiro atoms. The smallest absolute Gasteiger partial charge is 0.337 e. The Balaban J connectivity index is 0.000000346. The molecule has 6 rings (SSSR count). The number of rotatable bonds is 8. The third-order valence-corrected chi connectivity index (χ3v) is 7.73. The van der Waals surface area contributed by atoms with Gasteiger partial charge in [-0.3, -0.25) is 24.4 Å². The van der Waals surface area contributed by atoms with Crippen molar-refractivity contribution in [1.82, 2.24) is 35.0 Å². The van der Waals surface area contributed by atoms with Gasteiger partial charge < -0.3 is 25.6 Å². The predicted molar refractivity (Wildman–Crippen MR) is 208 cm³/mol. The van der Waals surface area contributed by atoms with E-state index in [1.54, 1.807) is 55.1 Å². The van der Waals surface area contributed by atoms with E-state index in [-0.39, 0.29) is 33.3 Å². The molecule has 0 saturated heterocycles. The highest BCUT2D eigenvalue weighted by molar-refractivity contribution is 6.31. The standard InChI is InChI=1S/C22H21ClN6O.C8H9NO3.C7H7NO2.2CH4/c1-13-7-21(24)28-14(2)19(13)11-26-22(30)15-5-6-25-18(9-15)12-29-20-4-3-17(23)8-16(20)10-27-29;1-12-8(11)6-2-3-9-7(4-6)5-10;1-10-7(9)6-2-4-8-5-3-6;;/h3-10H,11-12H2,1-2H3,(H2,24,28)(H,26,30);2-4,10H,5H2,1H3;2-5H,1H3;2*1H4. The Labute approximate surface area is 319 Å². The number of carbonyl (C=O) groups is 3. The third kappa shape index (κ3) is 12.2. The number of hydrogen-bond acceptors (Lipinski definition) is 12. The van der Waals surface area contributed by atoms with Crippen LogP contribution in [0.25, 0.3) is 10.9 Å². The summed E-state index contributed by atoms with van der Waals surface area (Å²) in [5.74, 6) is -0.451. The molecule has 0 fully saturated rings. The van der Waals surface area contributed by atoms with Crippen LogP contribution in [0.3, 0.4) is 0 Å². The van der Waals surface area contributed by atoms with Gasteiger partial charge in [0.15, 0.2) is 0 Å². The largest absolute Gasteiger partial charge is 0.465 e. The van der Waals surface area contributed by atoms with E-state index in [0.717, 1.165) is 33.4 Å². The normalized spacial score (nSPS) is 9.89. The van der Waals surface area contributed by atoms with E-state index in [1.165, 1.54) is 32.5 Å². The zero-order valence-electron chi connectivity index (χ0n) is 28.9. The molecule has 0 unspecified atom stereocenters. The molecule has 0 aliphatic carbocycles. The van der Waals surface area contributed by atoms with Crippen molar-refractivity contribution in [3.63, 3.8) is 0 Å². The Morgan fingerprint density at radius 2 is 1.44 bits per heavy atom. The van der Waals surface area contributed by atoms with Gasteiger partial charge in [-0.05, 0) is 85.6 Å². The summed E-state index contributed by atoms with van der Waals surface area (Å²) in [6.07, 6.45) is 7.95. The highest BCUT2D eigenvalue weighted by Gasteiger charge is 2.12. The van der Waals surface area contributed by atoms with Crippen LogP contribution in [0, 0.1) is 13.8 Å². The Bertz CT molecular complexity index is 2140. The number of aryl methyl sites for hydroxylation is 2. The summed E-state index contributed by atoms with van der Waals surface area (Å²) in [6, 6.07) is 17.1. The average Bonchev–Trinajstić information content (AvgIpc) is 3.55. The van der Waals surface area contributed by atoms with Crippen molar-refractivity contribution in [1.29, 1.82) is 0 Å². The lowest BCUT2D eigenvalue weighted by molar-refractivity contribution is 0.0591. The topological polar surface area (TPSA) is 197 Å². The number of pyridine rings is 4. The number of nitrogens with zero attached hydrogens (tertiary/aromatic N) is 6. The van der Waals surface area contributed by atoms with E-state index < -0.39 is 5.97 Å². The molecule has 4 N–H and O–H groups in total. The van der Waals surface area contributed by atoms with Crippen LogP contribution in [0.15, 0.2) is 91.6 Å². The molecule has 5 heterocycles. The molecule has 5 aromatic heterocycles. The number of aliphatic hydroxyl groups excluding tert-OH is 1. The molecule has 6 aromatic rings. The highest BCUT2D eigenvalue weighted by Crippen LogP contribution is 2.20. The molecule has 0 radical (unpaired) electrons. The zero-order valence-corrected chi connectivity index (χ0v) is 29.7. The lowest BCUT2D eigenvalue weighted by Gasteiger charge is -2.12. The minimum absolute atomic E-state index is 0. The van der Waals surface area contributed by atoms with Crippen LogP contribution in [0.5, 0.6) is 0 Å². The number of fused-ring (bicyclic) bond motifs is 1. The maximum Gasteiger partial charge on any atom is 0.337 e. The quantitative estimate of drug-likeness (QED) is 0.150. The van der Waals surface area contributed by atoms with Crippen molar-refractivity contribution in [2.24, 2.45) is 0 Å². The number of carbonyl (C=O) groups excluding carboxylic acids is 3. The van der Waals surface area contributed by atoms with Crippen molar-refractivity contribution in [2.45, 2.75) is 48.4 Å². The van der Waals surface area contributed by atoms with E-state index in [2.05, 4.69) is 39.8 Å². The number of anilines is 1. The molecule has 14 nitrogen and oxygen atoms in total. The number of nitrogen functional groups attached to an aromatic ring is 1.